The fourth-order valence-corrected chi connectivity index (χ4v) is 6.44. The summed E-state index contributed by atoms with van der Waals surface area (Å²) in [6.45, 7) is 7.81. The first-order chi connectivity index (χ1) is 22.1. The lowest BCUT2D eigenvalue weighted by Gasteiger charge is -2.34. The quantitative estimate of drug-likeness (QED) is 0.168. The lowest BCUT2D eigenvalue weighted by molar-refractivity contribution is -0.140. The van der Waals surface area contributed by atoms with Crippen molar-refractivity contribution in [2.45, 2.75) is 64.1 Å². The molecule has 9 heteroatoms. The van der Waals surface area contributed by atoms with Crippen molar-refractivity contribution >= 4 is 27.5 Å². The Hall–Kier alpha value is -4.63. The van der Waals surface area contributed by atoms with E-state index in [4.69, 9.17) is 4.74 Å². The first-order valence-electron chi connectivity index (χ1n) is 15.6. The fourth-order valence-electron chi connectivity index (χ4n) is 5.01. The summed E-state index contributed by atoms with van der Waals surface area (Å²) in [6, 6.07) is 30.9. The van der Waals surface area contributed by atoms with Crippen LogP contribution in [0.3, 0.4) is 0 Å². The molecule has 0 aromatic heterocycles. The lowest BCUT2D eigenvalue weighted by atomic mass is 10.0. The van der Waals surface area contributed by atoms with Gasteiger partial charge in [0.2, 0.25) is 11.8 Å². The van der Waals surface area contributed by atoms with Gasteiger partial charge in [0.1, 0.15) is 18.3 Å². The standard InChI is InChI=1S/C37H43N3O5S/c1-5-29(4)38-37(42)35(25-30-13-9-7-10-14-30)39(26-31-19-17-28(3)18-20-31)36(41)27-40(32-21-23-33(24-22-32)45-6-2)46(43,44)34-15-11-8-12-16-34/h7-24,29,35H,5-6,25-27H2,1-4H3,(H,38,42). The minimum absolute atomic E-state index is 0.0529. The van der Waals surface area contributed by atoms with Crippen LogP contribution in [0.25, 0.3) is 0 Å². The Morgan fingerprint density at radius 3 is 2.00 bits per heavy atom. The molecule has 0 spiro atoms. The van der Waals surface area contributed by atoms with Crippen molar-refractivity contribution in [3.05, 3.63) is 126 Å². The summed E-state index contributed by atoms with van der Waals surface area (Å²) in [5.41, 5.74) is 3.08. The molecule has 0 heterocycles. The minimum Gasteiger partial charge on any atom is -0.494 e. The van der Waals surface area contributed by atoms with Crippen LogP contribution in [0.5, 0.6) is 5.75 Å². The van der Waals surface area contributed by atoms with E-state index in [1.54, 1.807) is 42.5 Å². The number of nitrogens with zero attached hydrogens (tertiary/aromatic N) is 2. The highest BCUT2D eigenvalue weighted by atomic mass is 32.2. The molecule has 4 rings (SSSR count). The second kappa shape index (κ2) is 16.1. The molecule has 2 atom stereocenters. The van der Waals surface area contributed by atoms with Crippen molar-refractivity contribution < 1.29 is 22.7 Å². The molecular formula is C37H43N3O5S. The van der Waals surface area contributed by atoms with Crippen LogP contribution in [0, 0.1) is 6.92 Å². The van der Waals surface area contributed by atoms with Gasteiger partial charge in [0.25, 0.3) is 10.0 Å². The SMILES string of the molecule is CCOc1ccc(N(CC(=O)N(Cc2ccc(C)cc2)C(Cc2ccccc2)C(=O)NC(C)CC)S(=O)(=O)c2ccccc2)cc1. The number of hydrogen-bond donors (Lipinski definition) is 1. The van der Waals surface area contributed by atoms with Gasteiger partial charge in [-0.15, -0.1) is 0 Å². The number of rotatable bonds is 15. The number of amides is 2. The van der Waals surface area contributed by atoms with Crippen LogP contribution in [-0.4, -0.2) is 50.4 Å². The van der Waals surface area contributed by atoms with Gasteiger partial charge < -0.3 is 15.0 Å². The summed E-state index contributed by atoms with van der Waals surface area (Å²) < 4.78 is 34.9. The summed E-state index contributed by atoms with van der Waals surface area (Å²) in [4.78, 5) is 30.0. The van der Waals surface area contributed by atoms with Crippen molar-refractivity contribution in [1.82, 2.24) is 10.2 Å². The molecule has 0 aliphatic carbocycles. The van der Waals surface area contributed by atoms with Gasteiger partial charge in [0.15, 0.2) is 0 Å². The van der Waals surface area contributed by atoms with Gasteiger partial charge in [-0.25, -0.2) is 8.42 Å². The number of aryl methyl sites for hydroxylation is 1. The molecule has 0 saturated carbocycles. The van der Waals surface area contributed by atoms with Crippen LogP contribution in [0.2, 0.25) is 0 Å². The van der Waals surface area contributed by atoms with Crippen LogP contribution in [-0.2, 0) is 32.6 Å². The van der Waals surface area contributed by atoms with Crippen molar-refractivity contribution in [2.75, 3.05) is 17.5 Å². The molecular weight excluding hydrogens is 598 g/mol. The van der Waals surface area contributed by atoms with E-state index in [9.17, 15) is 18.0 Å². The zero-order valence-corrected chi connectivity index (χ0v) is 27.7. The largest absolute Gasteiger partial charge is 0.494 e. The molecule has 4 aromatic rings. The normalized spacial score (nSPS) is 12.5. The van der Waals surface area contributed by atoms with Gasteiger partial charge in [-0.3, -0.25) is 13.9 Å². The second-order valence-corrected chi connectivity index (χ2v) is 13.1. The van der Waals surface area contributed by atoms with Gasteiger partial charge in [-0.05, 0) is 74.7 Å². The number of carbonyl (C=O) groups excluding carboxylic acids is 2. The third kappa shape index (κ3) is 8.97. The monoisotopic (exact) mass is 641 g/mol. The summed E-state index contributed by atoms with van der Waals surface area (Å²) in [5.74, 6) is -0.216. The molecule has 2 unspecified atom stereocenters. The lowest BCUT2D eigenvalue weighted by Crippen LogP contribution is -2.54. The summed E-state index contributed by atoms with van der Waals surface area (Å²) >= 11 is 0. The predicted molar refractivity (Wildman–Crippen MR) is 182 cm³/mol. The molecule has 0 aliphatic heterocycles. The third-order valence-corrected chi connectivity index (χ3v) is 9.58. The minimum atomic E-state index is -4.17. The van der Waals surface area contributed by atoms with E-state index in [0.29, 0.717) is 18.0 Å². The highest BCUT2D eigenvalue weighted by Crippen LogP contribution is 2.27. The van der Waals surface area contributed by atoms with E-state index in [0.717, 1.165) is 27.4 Å². The zero-order chi connectivity index (χ0) is 33.1. The first kappa shape index (κ1) is 34.2. The summed E-state index contributed by atoms with van der Waals surface area (Å²) in [7, 11) is -4.17. The maximum Gasteiger partial charge on any atom is 0.264 e. The third-order valence-electron chi connectivity index (χ3n) is 7.79. The van der Waals surface area contributed by atoms with Crippen LogP contribution >= 0.6 is 0 Å². The van der Waals surface area contributed by atoms with Crippen LogP contribution in [0.4, 0.5) is 5.69 Å². The molecule has 0 aliphatic rings. The van der Waals surface area contributed by atoms with E-state index >= 15 is 0 Å². The van der Waals surface area contributed by atoms with Crippen LogP contribution in [0.15, 0.2) is 114 Å². The smallest absolute Gasteiger partial charge is 0.264 e. The van der Waals surface area contributed by atoms with Crippen molar-refractivity contribution in [2.24, 2.45) is 0 Å². The number of carbonyl (C=O) groups is 2. The van der Waals surface area contributed by atoms with E-state index in [1.165, 1.54) is 17.0 Å². The molecule has 2 amide bonds. The number of sulfonamides is 1. The highest BCUT2D eigenvalue weighted by Gasteiger charge is 2.35. The van der Waals surface area contributed by atoms with Crippen LogP contribution in [0.1, 0.15) is 43.9 Å². The van der Waals surface area contributed by atoms with E-state index in [2.05, 4.69) is 5.32 Å². The second-order valence-electron chi connectivity index (χ2n) is 11.3. The van der Waals surface area contributed by atoms with Crippen molar-refractivity contribution in [1.29, 1.82) is 0 Å². The number of nitrogens with one attached hydrogen (secondary N) is 1. The number of anilines is 1. The molecule has 46 heavy (non-hydrogen) atoms. The molecule has 4 aromatic carbocycles. The maximum atomic E-state index is 14.6. The van der Waals surface area contributed by atoms with Gasteiger partial charge in [-0.2, -0.15) is 0 Å². The molecule has 0 bridgehead atoms. The number of hydrogen-bond acceptors (Lipinski definition) is 5. The van der Waals surface area contributed by atoms with Crippen molar-refractivity contribution in [3.63, 3.8) is 0 Å². The Kier molecular flexibility index (Phi) is 12.0. The van der Waals surface area contributed by atoms with Gasteiger partial charge in [0, 0.05) is 19.0 Å². The van der Waals surface area contributed by atoms with Gasteiger partial charge >= 0.3 is 0 Å². The van der Waals surface area contributed by atoms with Gasteiger partial charge in [0.05, 0.1) is 17.2 Å². The average Bonchev–Trinajstić information content (AvgIpc) is 3.07. The Bertz CT molecular complexity index is 1660. The number of ether oxygens (including phenoxy) is 1. The van der Waals surface area contributed by atoms with E-state index in [1.807, 2.05) is 82.3 Å². The Labute approximate surface area is 273 Å². The molecule has 0 saturated heterocycles. The number of benzene rings is 4. The highest BCUT2D eigenvalue weighted by molar-refractivity contribution is 7.92. The topological polar surface area (TPSA) is 96.0 Å². The maximum absolute atomic E-state index is 14.6. The Morgan fingerprint density at radius 1 is 0.804 bits per heavy atom. The zero-order valence-electron chi connectivity index (χ0n) is 26.9. The first-order valence-corrected chi connectivity index (χ1v) is 17.1. The van der Waals surface area contributed by atoms with Crippen LogP contribution < -0.4 is 14.4 Å². The fraction of sp³-hybridized carbons (Fsp3) is 0.297. The Morgan fingerprint density at radius 2 is 1.41 bits per heavy atom. The molecule has 0 fully saturated rings. The molecule has 1 N–H and O–H groups in total. The Balaban J connectivity index is 1.79. The summed E-state index contributed by atoms with van der Waals surface area (Å²) in [6.07, 6.45) is 0.978. The molecule has 242 valence electrons. The van der Waals surface area contributed by atoms with E-state index < -0.39 is 28.5 Å². The van der Waals surface area contributed by atoms with Crippen molar-refractivity contribution in [3.8, 4) is 5.75 Å². The predicted octanol–water partition coefficient (Wildman–Crippen LogP) is 6.14. The van der Waals surface area contributed by atoms with Gasteiger partial charge in [-0.1, -0.05) is 85.3 Å². The van der Waals surface area contributed by atoms with E-state index in [-0.39, 0.29) is 29.8 Å². The molecule has 8 nitrogen and oxygen atoms in total. The molecule has 0 radical (unpaired) electrons. The average molecular weight is 642 g/mol. The summed E-state index contributed by atoms with van der Waals surface area (Å²) in [5, 5.41) is 3.06.